The van der Waals surface area contributed by atoms with Crippen LogP contribution in [0.3, 0.4) is 0 Å². The van der Waals surface area contributed by atoms with Gasteiger partial charge in [-0.1, -0.05) is 30.3 Å². The van der Waals surface area contributed by atoms with Gasteiger partial charge in [0, 0.05) is 18.7 Å². The Morgan fingerprint density at radius 2 is 1.81 bits per heavy atom. The van der Waals surface area contributed by atoms with E-state index in [1.807, 2.05) is 55.5 Å². The van der Waals surface area contributed by atoms with Crippen LogP contribution < -0.4 is 21.1 Å². The Bertz CT molecular complexity index is 758. The van der Waals surface area contributed by atoms with Gasteiger partial charge in [0.05, 0.1) is 12.6 Å². The van der Waals surface area contributed by atoms with Gasteiger partial charge in [-0.3, -0.25) is 9.59 Å². The van der Waals surface area contributed by atoms with Gasteiger partial charge in [-0.2, -0.15) is 0 Å². The summed E-state index contributed by atoms with van der Waals surface area (Å²) in [6, 6.07) is 14.6. The van der Waals surface area contributed by atoms with Crippen LogP contribution >= 0.6 is 0 Å². The maximum Gasteiger partial charge on any atom is 0.236 e. The molecule has 0 aliphatic heterocycles. The molecule has 2 rings (SSSR count). The number of nitrogens with two attached hydrogens (primary N) is 1. The summed E-state index contributed by atoms with van der Waals surface area (Å²) in [4.78, 5) is 23.5. The van der Waals surface area contributed by atoms with E-state index in [0.717, 1.165) is 22.6 Å². The standard InChI is InChI=1S/C21H27N3O3/c1-15-6-3-4-7-19(15)27-13-5-8-20(25)24-18-11-9-17(10-12-18)14-23-21(26)16(2)22/h3-4,6-7,9-12,16H,5,8,13-14,22H2,1-2H3,(H,23,26)(H,24,25)/t16-/m0/s1. The molecule has 2 aromatic carbocycles. The maximum atomic E-state index is 12.0. The Labute approximate surface area is 160 Å². The van der Waals surface area contributed by atoms with E-state index >= 15 is 0 Å². The minimum atomic E-state index is -0.529. The summed E-state index contributed by atoms with van der Waals surface area (Å²) >= 11 is 0. The van der Waals surface area contributed by atoms with E-state index in [-0.39, 0.29) is 11.8 Å². The van der Waals surface area contributed by atoms with E-state index in [1.54, 1.807) is 6.92 Å². The van der Waals surface area contributed by atoms with Crippen molar-refractivity contribution in [1.29, 1.82) is 0 Å². The van der Waals surface area contributed by atoms with Crippen LogP contribution in [0.2, 0.25) is 0 Å². The Kier molecular flexibility index (Phi) is 7.82. The van der Waals surface area contributed by atoms with E-state index in [4.69, 9.17) is 10.5 Å². The normalized spacial score (nSPS) is 11.5. The van der Waals surface area contributed by atoms with Crippen LogP contribution in [0.4, 0.5) is 5.69 Å². The molecule has 4 N–H and O–H groups in total. The predicted molar refractivity (Wildman–Crippen MR) is 106 cm³/mol. The smallest absolute Gasteiger partial charge is 0.236 e. The lowest BCUT2D eigenvalue weighted by Gasteiger charge is -2.10. The fourth-order valence-corrected chi connectivity index (χ4v) is 2.41. The van der Waals surface area contributed by atoms with Crippen LogP contribution in [-0.2, 0) is 16.1 Å². The fraction of sp³-hybridized carbons (Fsp3) is 0.333. The first-order chi connectivity index (χ1) is 13.0. The van der Waals surface area contributed by atoms with Gasteiger partial charge in [0.2, 0.25) is 11.8 Å². The first-order valence-corrected chi connectivity index (χ1v) is 9.06. The van der Waals surface area contributed by atoms with Crippen LogP contribution in [0.15, 0.2) is 48.5 Å². The van der Waals surface area contributed by atoms with Gasteiger partial charge in [0.25, 0.3) is 0 Å². The number of nitrogens with one attached hydrogen (secondary N) is 2. The molecule has 0 aliphatic rings. The van der Waals surface area contributed by atoms with Crippen molar-refractivity contribution in [3.8, 4) is 5.75 Å². The molecule has 0 spiro atoms. The molecule has 27 heavy (non-hydrogen) atoms. The first kappa shape index (κ1) is 20.5. The van der Waals surface area contributed by atoms with Gasteiger partial charge in [-0.05, 0) is 49.6 Å². The lowest BCUT2D eigenvalue weighted by molar-refractivity contribution is -0.122. The van der Waals surface area contributed by atoms with Gasteiger partial charge in [-0.15, -0.1) is 0 Å². The first-order valence-electron chi connectivity index (χ1n) is 9.06. The van der Waals surface area contributed by atoms with Crippen LogP contribution in [0, 0.1) is 6.92 Å². The molecular formula is C21H27N3O3. The number of ether oxygens (including phenoxy) is 1. The lowest BCUT2D eigenvalue weighted by atomic mass is 10.2. The van der Waals surface area contributed by atoms with Gasteiger partial charge in [0.15, 0.2) is 0 Å². The Morgan fingerprint density at radius 1 is 1.11 bits per heavy atom. The maximum absolute atomic E-state index is 12.0. The van der Waals surface area contributed by atoms with Crippen molar-refractivity contribution in [1.82, 2.24) is 5.32 Å². The highest BCUT2D eigenvalue weighted by atomic mass is 16.5. The number of amides is 2. The Hall–Kier alpha value is -2.86. The highest BCUT2D eigenvalue weighted by Gasteiger charge is 2.07. The van der Waals surface area contributed by atoms with Crippen molar-refractivity contribution in [3.05, 3.63) is 59.7 Å². The van der Waals surface area contributed by atoms with E-state index < -0.39 is 6.04 Å². The Balaban J connectivity index is 1.69. The van der Waals surface area contributed by atoms with E-state index in [0.29, 0.717) is 26.0 Å². The molecular weight excluding hydrogens is 342 g/mol. The molecule has 6 heteroatoms. The summed E-state index contributed by atoms with van der Waals surface area (Å²) in [5.74, 6) is 0.603. The third-order valence-corrected chi connectivity index (χ3v) is 4.02. The second-order valence-corrected chi connectivity index (χ2v) is 6.47. The minimum Gasteiger partial charge on any atom is -0.493 e. The van der Waals surface area contributed by atoms with Crippen LogP contribution in [0.5, 0.6) is 5.75 Å². The number of aryl methyl sites for hydroxylation is 1. The number of hydrogen-bond donors (Lipinski definition) is 3. The molecule has 144 valence electrons. The molecule has 0 saturated carbocycles. The summed E-state index contributed by atoms with van der Waals surface area (Å²) in [6.07, 6.45) is 1.03. The summed E-state index contributed by atoms with van der Waals surface area (Å²) in [7, 11) is 0. The van der Waals surface area contributed by atoms with Crippen LogP contribution in [-0.4, -0.2) is 24.5 Å². The fourth-order valence-electron chi connectivity index (χ4n) is 2.41. The molecule has 0 heterocycles. The number of carbonyl (C=O) groups is 2. The third-order valence-electron chi connectivity index (χ3n) is 4.02. The highest BCUT2D eigenvalue weighted by Crippen LogP contribution is 2.16. The number of rotatable bonds is 9. The molecule has 0 aromatic heterocycles. The number of benzene rings is 2. The number of anilines is 1. The molecule has 0 radical (unpaired) electrons. The second kappa shape index (κ2) is 10.3. The van der Waals surface area contributed by atoms with Crippen molar-refractivity contribution in [2.24, 2.45) is 5.73 Å². The van der Waals surface area contributed by atoms with Crippen LogP contribution in [0.1, 0.15) is 30.9 Å². The molecule has 0 aliphatic carbocycles. The zero-order valence-electron chi connectivity index (χ0n) is 15.8. The van der Waals surface area contributed by atoms with Crippen molar-refractivity contribution >= 4 is 17.5 Å². The molecule has 6 nitrogen and oxygen atoms in total. The quantitative estimate of drug-likeness (QED) is 0.593. The van der Waals surface area contributed by atoms with Gasteiger partial charge >= 0.3 is 0 Å². The monoisotopic (exact) mass is 369 g/mol. The summed E-state index contributed by atoms with van der Waals surface area (Å²) < 4.78 is 5.69. The number of carbonyl (C=O) groups excluding carboxylic acids is 2. The van der Waals surface area contributed by atoms with Crippen molar-refractivity contribution < 1.29 is 14.3 Å². The minimum absolute atomic E-state index is 0.0543. The molecule has 0 bridgehead atoms. The van der Waals surface area contributed by atoms with Gasteiger partial charge in [-0.25, -0.2) is 0 Å². The van der Waals surface area contributed by atoms with Crippen molar-refractivity contribution in [2.45, 2.75) is 39.3 Å². The van der Waals surface area contributed by atoms with E-state index in [9.17, 15) is 9.59 Å². The predicted octanol–water partition coefficient (Wildman–Crippen LogP) is 2.76. The molecule has 0 unspecified atom stereocenters. The average Bonchev–Trinajstić information content (AvgIpc) is 2.65. The summed E-state index contributed by atoms with van der Waals surface area (Å²) in [5.41, 5.74) is 8.25. The van der Waals surface area contributed by atoms with Crippen LogP contribution in [0.25, 0.3) is 0 Å². The van der Waals surface area contributed by atoms with E-state index in [1.165, 1.54) is 0 Å². The molecule has 0 saturated heterocycles. The van der Waals surface area contributed by atoms with E-state index in [2.05, 4.69) is 10.6 Å². The zero-order chi connectivity index (χ0) is 19.6. The third kappa shape index (κ3) is 7.11. The van der Waals surface area contributed by atoms with Crippen molar-refractivity contribution in [3.63, 3.8) is 0 Å². The largest absolute Gasteiger partial charge is 0.493 e. The van der Waals surface area contributed by atoms with Gasteiger partial charge in [0.1, 0.15) is 5.75 Å². The SMILES string of the molecule is Cc1ccccc1OCCCC(=O)Nc1ccc(CNC(=O)[C@H](C)N)cc1. The average molecular weight is 369 g/mol. The summed E-state index contributed by atoms with van der Waals surface area (Å²) in [6.45, 7) is 4.54. The number of hydrogen-bond acceptors (Lipinski definition) is 4. The molecule has 1 atom stereocenters. The number of para-hydroxylation sites is 1. The molecule has 2 aromatic rings. The Morgan fingerprint density at radius 3 is 2.48 bits per heavy atom. The van der Waals surface area contributed by atoms with Gasteiger partial charge < -0.3 is 21.1 Å². The topological polar surface area (TPSA) is 93.5 Å². The summed E-state index contributed by atoms with van der Waals surface area (Å²) in [5, 5.41) is 5.61. The van der Waals surface area contributed by atoms with Crippen molar-refractivity contribution in [2.75, 3.05) is 11.9 Å². The second-order valence-electron chi connectivity index (χ2n) is 6.47. The lowest BCUT2D eigenvalue weighted by Crippen LogP contribution is -2.37. The molecule has 2 amide bonds. The zero-order valence-corrected chi connectivity index (χ0v) is 15.8. The highest BCUT2D eigenvalue weighted by molar-refractivity contribution is 5.90. The molecule has 0 fully saturated rings.